The number of allylic oxidation sites excluding steroid dienone is 3. The number of benzene rings is 2. The zero-order valence-corrected chi connectivity index (χ0v) is 22.2. The zero-order chi connectivity index (χ0) is 26.1. The molecule has 0 saturated heterocycles. The first kappa shape index (κ1) is 24.8. The van der Waals surface area contributed by atoms with E-state index in [9.17, 15) is 9.59 Å². The molecular formula is C30H30N2O4S. The van der Waals surface area contributed by atoms with Gasteiger partial charge in [-0.3, -0.25) is 9.59 Å². The lowest BCUT2D eigenvalue weighted by atomic mass is 9.73. The molecule has 190 valence electrons. The average molecular weight is 515 g/mol. The van der Waals surface area contributed by atoms with E-state index in [0.29, 0.717) is 35.5 Å². The molecule has 2 aromatic carbocycles. The smallest absolute Gasteiger partial charge is 0.254 e. The quantitative estimate of drug-likeness (QED) is 0.417. The molecule has 2 aliphatic rings. The predicted octanol–water partition coefficient (Wildman–Crippen LogP) is 6.07. The van der Waals surface area contributed by atoms with Gasteiger partial charge >= 0.3 is 0 Å². The fourth-order valence-corrected chi connectivity index (χ4v) is 6.10. The maximum absolute atomic E-state index is 13.8. The van der Waals surface area contributed by atoms with Gasteiger partial charge in [-0.15, -0.1) is 11.3 Å². The summed E-state index contributed by atoms with van der Waals surface area (Å²) in [6, 6.07) is 17.5. The van der Waals surface area contributed by atoms with Gasteiger partial charge in [-0.1, -0.05) is 29.8 Å². The van der Waals surface area contributed by atoms with E-state index in [0.717, 1.165) is 33.1 Å². The van der Waals surface area contributed by atoms with Gasteiger partial charge in [-0.05, 0) is 67.5 Å². The molecule has 0 radical (unpaired) electrons. The Bertz CT molecular complexity index is 1400. The highest BCUT2D eigenvalue weighted by Gasteiger charge is 2.41. The third-order valence-electron chi connectivity index (χ3n) is 7.09. The van der Waals surface area contributed by atoms with Gasteiger partial charge in [0.15, 0.2) is 17.3 Å². The summed E-state index contributed by atoms with van der Waals surface area (Å²) in [5.41, 5.74) is 5.80. The van der Waals surface area contributed by atoms with Crippen LogP contribution in [-0.2, 0) is 9.59 Å². The fraction of sp³-hybridized carbons (Fsp3) is 0.267. The van der Waals surface area contributed by atoms with Crippen molar-refractivity contribution in [1.29, 1.82) is 0 Å². The van der Waals surface area contributed by atoms with Crippen LogP contribution in [0.25, 0.3) is 0 Å². The molecule has 0 fully saturated rings. The lowest BCUT2D eigenvalue weighted by molar-refractivity contribution is -0.116. The minimum Gasteiger partial charge on any atom is -0.493 e. The summed E-state index contributed by atoms with van der Waals surface area (Å²) in [5, 5.41) is 8.47. The lowest BCUT2D eigenvalue weighted by Gasteiger charge is -2.36. The SMILES string of the molecule is COc1ccc([C@H]2CC(=O)C3=C(C2)NC(C)=C(C(=O)Nc2ccc(C)cc2)[C@@H]3c2cccs2)cc1OC. The Morgan fingerprint density at radius 1 is 1.00 bits per heavy atom. The van der Waals surface area contributed by atoms with Gasteiger partial charge in [0.1, 0.15) is 0 Å². The second-order valence-electron chi connectivity index (χ2n) is 9.47. The van der Waals surface area contributed by atoms with E-state index in [1.54, 1.807) is 25.6 Å². The fourth-order valence-electron chi connectivity index (χ4n) is 5.26. The number of thiophene rings is 1. The number of ketones is 1. The molecule has 1 amide bonds. The van der Waals surface area contributed by atoms with Crippen LogP contribution in [0.4, 0.5) is 5.69 Å². The Morgan fingerprint density at radius 3 is 2.43 bits per heavy atom. The number of rotatable bonds is 6. The molecule has 1 aliphatic heterocycles. The summed E-state index contributed by atoms with van der Waals surface area (Å²) in [6.07, 6.45) is 1.03. The molecule has 0 bridgehead atoms. The van der Waals surface area contributed by atoms with Crippen LogP contribution in [0.15, 0.2) is 82.5 Å². The minimum atomic E-state index is -0.402. The van der Waals surface area contributed by atoms with Crippen molar-refractivity contribution >= 4 is 28.7 Å². The highest BCUT2D eigenvalue weighted by Crippen LogP contribution is 2.47. The molecule has 6 nitrogen and oxygen atoms in total. The van der Waals surface area contributed by atoms with Crippen LogP contribution in [0.1, 0.15) is 47.6 Å². The van der Waals surface area contributed by atoms with Crippen molar-refractivity contribution in [2.24, 2.45) is 0 Å². The first-order chi connectivity index (χ1) is 17.9. The number of hydrogen-bond acceptors (Lipinski definition) is 6. The van der Waals surface area contributed by atoms with Crippen LogP contribution in [0.2, 0.25) is 0 Å². The second-order valence-corrected chi connectivity index (χ2v) is 10.4. The molecule has 3 aromatic rings. The summed E-state index contributed by atoms with van der Waals surface area (Å²) >= 11 is 1.57. The van der Waals surface area contributed by atoms with Crippen LogP contribution in [-0.4, -0.2) is 25.9 Å². The maximum Gasteiger partial charge on any atom is 0.254 e. The van der Waals surface area contributed by atoms with Crippen molar-refractivity contribution in [2.75, 3.05) is 19.5 Å². The monoisotopic (exact) mass is 514 g/mol. The Kier molecular flexibility index (Phi) is 6.89. The Morgan fingerprint density at radius 2 is 1.76 bits per heavy atom. The Labute approximate surface area is 221 Å². The number of aryl methyl sites for hydroxylation is 1. The van der Waals surface area contributed by atoms with Crippen LogP contribution in [0.3, 0.4) is 0 Å². The molecule has 0 unspecified atom stereocenters. The largest absolute Gasteiger partial charge is 0.493 e. The summed E-state index contributed by atoms with van der Waals surface area (Å²) in [6.45, 7) is 3.92. The predicted molar refractivity (Wildman–Crippen MR) is 146 cm³/mol. The number of anilines is 1. The lowest BCUT2D eigenvalue weighted by Crippen LogP contribution is -2.36. The van der Waals surface area contributed by atoms with Crippen molar-refractivity contribution in [1.82, 2.24) is 5.32 Å². The Balaban J connectivity index is 1.50. The van der Waals surface area contributed by atoms with Crippen molar-refractivity contribution in [3.8, 4) is 11.5 Å². The summed E-state index contributed by atoms with van der Waals surface area (Å²) in [5.74, 6) is 0.754. The van der Waals surface area contributed by atoms with E-state index in [-0.39, 0.29) is 17.6 Å². The number of ether oxygens (including phenoxy) is 2. The number of Topliss-reactive ketones (excluding diaryl/α,β-unsaturated/α-hetero) is 1. The minimum absolute atomic E-state index is 0.00160. The maximum atomic E-state index is 13.8. The molecule has 37 heavy (non-hydrogen) atoms. The van der Waals surface area contributed by atoms with E-state index < -0.39 is 5.92 Å². The molecule has 1 aromatic heterocycles. The summed E-state index contributed by atoms with van der Waals surface area (Å²) in [4.78, 5) is 28.4. The van der Waals surface area contributed by atoms with Gasteiger partial charge in [-0.2, -0.15) is 0 Å². The average Bonchev–Trinajstić information content (AvgIpc) is 3.43. The number of dihydropyridines is 1. The second kappa shape index (κ2) is 10.3. The number of methoxy groups -OCH3 is 2. The number of amides is 1. The summed E-state index contributed by atoms with van der Waals surface area (Å²) in [7, 11) is 3.22. The van der Waals surface area contributed by atoms with Gasteiger partial charge < -0.3 is 20.1 Å². The van der Waals surface area contributed by atoms with Gasteiger partial charge in [0.05, 0.1) is 20.1 Å². The van der Waals surface area contributed by atoms with Gasteiger partial charge in [0.25, 0.3) is 5.91 Å². The highest BCUT2D eigenvalue weighted by atomic mass is 32.1. The third-order valence-corrected chi connectivity index (χ3v) is 8.03. The van der Waals surface area contributed by atoms with Crippen molar-refractivity contribution in [3.05, 3.63) is 98.5 Å². The van der Waals surface area contributed by atoms with E-state index in [2.05, 4.69) is 10.6 Å². The third kappa shape index (κ3) is 4.79. The van der Waals surface area contributed by atoms with Gasteiger partial charge in [0, 0.05) is 39.5 Å². The standard InChI is InChI=1S/C30H30N2O4S/c1-17-7-10-21(11-8-17)32-30(34)27-18(2)31-22-14-20(19-9-12-24(35-3)25(16-19)36-4)15-23(33)28(22)29(27)26-6-5-13-37-26/h5-13,16,20,29,31H,14-15H2,1-4H3,(H,32,34)/t20-,29+/m1/s1. The first-order valence-electron chi connectivity index (χ1n) is 12.3. The summed E-state index contributed by atoms with van der Waals surface area (Å²) < 4.78 is 10.9. The van der Waals surface area contributed by atoms with Crippen LogP contribution in [0, 0.1) is 6.92 Å². The van der Waals surface area contributed by atoms with E-state index in [1.807, 2.05) is 73.8 Å². The molecular weight excluding hydrogens is 484 g/mol. The van der Waals surface area contributed by atoms with Crippen LogP contribution < -0.4 is 20.1 Å². The molecule has 7 heteroatoms. The van der Waals surface area contributed by atoms with E-state index in [1.165, 1.54) is 0 Å². The van der Waals surface area contributed by atoms with E-state index in [4.69, 9.17) is 9.47 Å². The number of carbonyl (C=O) groups excluding carboxylic acids is 2. The van der Waals surface area contributed by atoms with Crippen molar-refractivity contribution in [2.45, 2.75) is 38.5 Å². The highest BCUT2D eigenvalue weighted by molar-refractivity contribution is 7.10. The molecule has 0 spiro atoms. The van der Waals surface area contributed by atoms with Crippen molar-refractivity contribution < 1.29 is 19.1 Å². The van der Waals surface area contributed by atoms with Crippen LogP contribution in [0.5, 0.6) is 11.5 Å². The number of nitrogens with one attached hydrogen (secondary N) is 2. The molecule has 2 heterocycles. The molecule has 1 aliphatic carbocycles. The topological polar surface area (TPSA) is 76.7 Å². The molecule has 2 N–H and O–H groups in total. The van der Waals surface area contributed by atoms with Gasteiger partial charge in [0.2, 0.25) is 0 Å². The molecule has 0 saturated carbocycles. The molecule has 2 atom stereocenters. The normalized spacial score (nSPS) is 19.3. The number of hydrogen-bond donors (Lipinski definition) is 2. The van der Waals surface area contributed by atoms with Crippen molar-refractivity contribution in [3.63, 3.8) is 0 Å². The van der Waals surface area contributed by atoms with Gasteiger partial charge in [-0.25, -0.2) is 0 Å². The number of carbonyl (C=O) groups is 2. The molecule has 5 rings (SSSR count). The van der Waals surface area contributed by atoms with Crippen LogP contribution >= 0.6 is 11.3 Å². The van der Waals surface area contributed by atoms with E-state index >= 15 is 0 Å². The first-order valence-corrected chi connectivity index (χ1v) is 13.1. The zero-order valence-electron chi connectivity index (χ0n) is 21.4. The Hall–Kier alpha value is -3.84.